The summed E-state index contributed by atoms with van der Waals surface area (Å²) in [6.07, 6.45) is 3.78. The summed E-state index contributed by atoms with van der Waals surface area (Å²) in [7, 11) is 0. The molecule has 1 aliphatic carbocycles. The van der Waals surface area contributed by atoms with Crippen LogP contribution < -0.4 is 0 Å². The van der Waals surface area contributed by atoms with Gasteiger partial charge in [0.2, 0.25) is 0 Å². The Kier molecular flexibility index (Phi) is 3.87. The minimum Gasteiger partial charge on any atom is -0.369 e. The number of hydrogen-bond donors (Lipinski definition) is 1. The minimum atomic E-state index is -1.04. The summed E-state index contributed by atoms with van der Waals surface area (Å²) in [5.41, 5.74) is -0.417. The van der Waals surface area contributed by atoms with Gasteiger partial charge in [-0.05, 0) is 32.1 Å². The lowest BCUT2D eigenvalue weighted by Crippen LogP contribution is -2.58. The van der Waals surface area contributed by atoms with Gasteiger partial charge in [-0.2, -0.15) is 0 Å². The van der Waals surface area contributed by atoms with Crippen LogP contribution in [0.25, 0.3) is 0 Å². The van der Waals surface area contributed by atoms with Gasteiger partial charge in [-0.25, -0.2) is 0 Å². The van der Waals surface area contributed by atoms with Crippen LogP contribution in [-0.2, 0) is 18.9 Å². The summed E-state index contributed by atoms with van der Waals surface area (Å²) in [4.78, 5) is 0. The molecule has 0 aromatic rings. The van der Waals surface area contributed by atoms with Crippen molar-refractivity contribution in [3.8, 4) is 0 Å². The fourth-order valence-electron chi connectivity index (χ4n) is 5.09. The predicted molar refractivity (Wildman–Crippen MR) is 88.3 cm³/mol. The van der Waals surface area contributed by atoms with Gasteiger partial charge in [0.1, 0.15) is 11.7 Å². The summed E-state index contributed by atoms with van der Waals surface area (Å²) in [6, 6.07) is 0. The van der Waals surface area contributed by atoms with E-state index in [4.69, 9.17) is 18.9 Å². The second kappa shape index (κ2) is 5.40. The van der Waals surface area contributed by atoms with E-state index < -0.39 is 17.2 Å². The number of aliphatic hydroxyl groups is 1. The van der Waals surface area contributed by atoms with Crippen LogP contribution in [0.1, 0.15) is 66.7 Å². The molecule has 4 fully saturated rings. The first-order valence-corrected chi connectivity index (χ1v) is 9.55. The zero-order valence-electron chi connectivity index (χ0n) is 15.6. The highest BCUT2D eigenvalue weighted by Gasteiger charge is 2.65. The Bertz CT molecular complexity index is 506. The standard InChI is InChI=1S/C19H32O5/c1-11(2)12(3)8-19(20)7-6-15-18(24-19)9-13(21-15)16-14(10-18)22-17(4,5)23-16/h11-16,20H,6-10H2,1-5H3/t12-,13+,14-,15+,16?,18-,19+/m1/s1. The molecule has 5 nitrogen and oxygen atoms in total. The summed E-state index contributed by atoms with van der Waals surface area (Å²) in [5.74, 6) is -0.655. The number of hydrogen-bond acceptors (Lipinski definition) is 5. The maximum atomic E-state index is 11.1. The molecule has 24 heavy (non-hydrogen) atoms. The van der Waals surface area contributed by atoms with E-state index in [0.717, 1.165) is 19.3 Å². The smallest absolute Gasteiger partial charge is 0.166 e. The van der Waals surface area contributed by atoms with Crippen LogP contribution in [0, 0.1) is 11.8 Å². The second-order valence-corrected chi connectivity index (χ2v) is 9.29. The van der Waals surface area contributed by atoms with E-state index in [9.17, 15) is 5.11 Å². The van der Waals surface area contributed by atoms with Gasteiger partial charge in [-0.3, -0.25) is 0 Å². The third kappa shape index (κ3) is 2.73. The third-order valence-corrected chi connectivity index (χ3v) is 6.58. The molecule has 7 atom stereocenters. The van der Waals surface area contributed by atoms with Crippen molar-refractivity contribution in [3.63, 3.8) is 0 Å². The van der Waals surface area contributed by atoms with Gasteiger partial charge >= 0.3 is 0 Å². The molecule has 4 rings (SSSR count). The zero-order valence-corrected chi connectivity index (χ0v) is 15.6. The Balaban J connectivity index is 1.53. The SMILES string of the molecule is CC(C)[C@H](C)C[C@]1(O)CC[C@@H]2O[C@H]3C[C@]2(C[C@H]2OC(C)(C)OC32)O1. The lowest BCUT2D eigenvalue weighted by Gasteiger charge is -2.49. The monoisotopic (exact) mass is 340 g/mol. The van der Waals surface area contributed by atoms with Crippen molar-refractivity contribution in [2.75, 3.05) is 0 Å². The Morgan fingerprint density at radius 1 is 1.08 bits per heavy atom. The van der Waals surface area contributed by atoms with E-state index in [0.29, 0.717) is 24.7 Å². The Morgan fingerprint density at radius 2 is 1.79 bits per heavy atom. The lowest BCUT2D eigenvalue weighted by molar-refractivity contribution is -0.317. The average molecular weight is 340 g/mol. The van der Waals surface area contributed by atoms with E-state index in [1.807, 2.05) is 13.8 Å². The molecule has 3 aliphatic heterocycles. The van der Waals surface area contributed by atoms with Gasteiger partial charge in [0, 0.05) is 25.7 Å². The highest BCUT2D eigenvalue weighted by molar-refractivity contribution is 5.12. The Labute approximate surface area is 145 Å². The molecule has 138 valence electrons. The van der Waals surface area contributed by atoms with Gasteiger partial charge in [0.15, 0.2) is 11.6 Å². The predicted octanol–water partition coefficient (Wildman–Crippen LogP) is 2.99. The first-order valence-electron chi connectivity index (χ1n) is 9.55. The van der Waals surface area contributed by atoms with Crippen molar-refractivity contribution in [2.45, 2.75) is 108 Å². The number of fused-ring (bicyclic) bond motifs is 3. The highest BCUT2D eigenvalue weighted by Crippen LogP contribution is 2.55. The van der Waals surface area contributed by atoms with Gasteiger partial charge in [-0.1, -0.05) is 20.8 Å². The number of rotatable bonds is 3. The molecule has 0 radical (unpaired) electrons. The quantitative estimate of drug-likeness (QED) is 0.856. The van der Waals surface area contributed by atoms with Gasteiger partial charge in [0.25, 0.3) is 0 Å². The summed E-state index contributed by atoms with van der Waals surface area (Å²) in [6.45, 7) is 10.5. The van der Waals surface area contributed by atoms with E-state index in [-0.39, 0.29) is 24.4 Å². The molecule has 2 bridgehead atoms. The topological polar surface area (TPSA) is 57.2 Å². The molecule has 5 heteroatoms. The maximum Gasteiger partial charge on any atom is 0.166 e. The van der Waals surface area contributed by atoms with E-state index >= 15 is 0 Å². The van der Waals surface area contributed by atoms with E-state index in [1.165, 1.54) is 0 Å². The van der Waals surface area contributed by atoms with Crippen LogP contribution in [0.3, 0.4) is 0 Å². The molecule has 1 N–H and O–H groups in total. The molecule has 1 unspecified atom stereocenters. The van der Waals surface area contributed by atoms with Crippen LogP contribution in [0.15, 0.2) is 0 Å². The zero-order chi connectivity index (χ0) is 17.3. The van der Waals surface area contributed by atoms with Crippen LogP contribution in [0.5, 0.6) is 0 Å². The maximum absolute atomic E-state index is 11.1. The first kappa shape index (κ1) is 17.2. The Hall–Kier alpha value is -0.200. The van der Waals surface area contributed by atoms with Gasteiger partial charge in [0.05, 0.1) is 18.3 Å². The van der Waals surface area contributed by atoms with Gasteiger partial charge < -0.3 is 24.1 Å². The minimum absolute atomic E-state index is 0.00591. The lowest BCUT2D eigenvalue weighted by atomic mass is 9.75. The van der Waals surface area contributed by atoms with Crippen LogP contribution in [0.2, 0.25) is 0 Å². The van der Waals surface area contributed by atoms with E-state index in [2.05, 4.69) is 20.8 Å². The normalized spacial score (nSPS) is 50.6. The fourth-order valence-corrected chi connectivity index (χ4v) is 5.09. The molecule has 3 saturated heterocycles. The molecule has 3 heterocycles. The van der Waals surface area contributed by atoms with E-state index in [1.54, 1.807) is 0 Å². The molecular formula is C19H32O5. The van der Waals surface area contributed by atoms with Crippen molar-refractivity contribution >= 4 is 0 Å². The summed E-state index contributed by atoms with van der Waals surface area (Å²) >= 11 is 0. The van der Waals surface area contributed by atoms with Crippen LogP contribution >= 0.6 is 0 Å². The van der Waals surface area contributed by atoms with Gasteiger partial charge in [-0.15, -0.1) is 0 Å². The van der Waals surface area contributed by atoms with Crippen molar-refractivity contribution < 1.29 is 24.1 Å². The van der Waals surface area contributed by atoms with Crippen molar-refractivity contribution in [3.05, 3.63) is 0 Å². The van der Waals surface area contributed by atoms with Crippen LogP contribution in [0.4, 0.5) is 0 Å². The van der Waals surface area contributed by atoms with Crippen molar-refractivity contribution in [2.24, 2.45) is 11.8 Å². The fraction of sp³-hybridized carbons (Fsp3) is 1.00. The second-order valence-electron chi connectivity index (χ2n) is 9.29. The highest BCUT2D eigenvalue weighted by atomic mass is 16.8. The summed E-state index contributed by atoms with van der Waals surface area (Å²) < 4.78 is 24.9. The molecule has 1 saturated carbocycles. The average Bonchev–Trinajstić information content (AvgIpc) is 2.92. The molecule has 0 aromatic heterocycles. The Morgan fingerprint density at radius 3 is 2.50 bits per heavy atom. The van der Waals surface area contributed by atoms with Crippen molar-refractivity contribution in [1.29, 1.82) is 0 Å². The largest absolute Gasteiger partial charge is 0.369 e. The molecule has 1 spiro atoms. The first-order chi connectivity index (χ1) is 11.1. The molecule has 4 aliphatic rings. The third-order valence-electron chi connectivity index (χ3n) is 6.58. The van der Waals surface area contributed by atoms with Crippen molar-refractivity contribution in [1.82, 2.24) is 0 Å². The number of ether oxygens (including phenoxy) is 4. The summed E-state index contributed by atoms with van der Waals surface area (Å²) in [5, 5.41) is 11.1. The molecule has 0 aromatic carbocycles. The van der Waals surface area contributed by atoms with Crippen LogP contribution in [-0.4, -0.2) is 46.7 Å². The molecular weight excluding hydrogens is 308 g/mol. The molecule has 0 amide bonds.